The van der Waals surface area contributed by atoms with Crippen LogP contribution in [0.25, 0.3) is 0 Å². The van der Waals surface area contributed by atoms with Crippen molar-refractivity contribution in [1.82, 2.24) is 0 Å². The molecule has 0 radical (unpaired) electrons. The maximum atomic E-state index is 11.1. The summed E-state index contributed by atoms with van der Waals surface area (Å²) in [6.07, 6.45) is 2.60. The Hall–Kier alpha value is -2.22. The lowest BCUT2D eigenvalue weighted by atomic mass is 10.0. The van der Waals surface area contributed by atoms with E-state index in [2.05, 4.69) is 0 Å². The summed E-state index contributed by atoms with van der Waals surface area (Å²) in [6, 6.07) is 3.44. The summed E-state index contributed by atoms with van der Waals surface area (Å²) in [5.74, 6) is 0. The molecule has 1 aromatic rings. The van der Waals surface area contributed by atoms with Gasteiger partial charge in [0, 0.05) is 12.6 Å². The second-order valence-electron chi connectivity index (χ2n) is 4.71. The maximum absolute atomic E-state index is 11.1. The van der Waals surface area contributed by atoms with Gasteiger partial charge in [0.1, 0.15) is 5.69 Å². The van der Waals surface area contributed by atoms with Gasteiger partial charge in [-0.15, -0.1) is 0 Å². The predicted molar refractivity (Wildman–Crippen MR) is 71.8 cm³/mol. The number of nitro groups is 2. The SMILES string of the molecule is O=[N+]([O-])c1ccc(N2CCCCC2CO)c([N+](=O)[O-])c1. The molecule has 1 saturated heterocycles. The van der Waals surface area contributed by atoms with Crippen LogP contribution in [0.2, 0.25) is 0 Å². The van der Waals surface area contributed by atoms with Crippen molar-refractivity contribution in [2.75, 3.05) is 18.1 Å². The minimum Gasteiger partial charge on any atom is -0.394 e. The minimum absolute atomic E-state index is 0.0891. The van der Waals surface area contributed by atoms with Crippen LogP contribution >= 0.6 is 0 Å². The Labute approximate surface area is 114 Å². The van der Waals surface area contributed by atoms with E-state index in [1.807, 2.05) is 0 Å². The fraction of sp³-hybridized carbons (Fsp3) is 0.500. The summed E-state index contributed by atoms with van der Waals surface area (Å²) in [5, 5.41) is 31.2. The van der Waals surface area contributed by atoms with E-state index in [0.717, 1.165) is 25.3 Å². The minimum atomic E-state index is -0.656. The number of rotatable bonds is 4. The van der Waals surface area contributed by atoms with Gasteiger partial charge in [-0.3, -0.25) is 20.2 Å². The van der Waals surface area contributed by atoms with E-state index in [1.54, 1.807) is 4.90 Å². The van der Waals surface area contributed by atoms with E-state index in [9.17, 15) is 25.3 Å². The molecule has 8 heteroatoms. The molecule has 1 aromatic carbocycles. The summed E-state index contributed by atoms with van der Waals surface area (Å²) in [6.45, 7) is 0.512. The Morgan fingerprint density at radius 3 is 2.60 bits per heavy atom. The zero-order valence-electron chi connectivity index (χ0n) is 10.8. The van der Waals surface area contributed by atoms with Gasteiger partial charge in [0.05, 0.1) is 28.6 Å². The van der Waals surface area contributed by atoms with Crippen molar-refractivity contribution >= 4 is 17.1 Å². The van der Waals surface area contributed by atoms with Crippen LogP contribution in [-0.2, 0) is 0 Å². The lowest BCUT2D eigenvalue weighted by molar-refractivity contribution is -0.393. The summed E-state index contributed by atoms with van der Waals surface area (Å²) in [5.41, 5.74) is -0.267. The van der Waals surface area contributed by atoms with Gasteiger partial charge in [-0.2, -0.15) is 0 Å². The van der Waals surface area contributed by atoms with Crippen LogP contribution in [0.4, 0.5) is 17.1 Å². The van der Waals surface area contributed by atoms with Crippen LogP contribution in [0.5, 0.6) is 0 Å². The molecule has 2 rings (SSSR count). The first-order valence-electron chi connectivity index (χ1n) is 6.35. The molecule has 0 amide bonds. The van der Waals surface area contributed by atoms with E-state index in [-0.39, 0.29) is 24.0 Å². The molecule has 0 spiro atoms. The number of nitrogens with zero attached hydrogens (tertiary/aromatic N) is 3. The van der Waals surface area contributed by atoms with Crippen LogP contribution in [0.1, 0.15) is 19.3 Å². The van der Waals surface area contributed by atoms with E-state index in [1.165, 1.54) is 12.1 Å². The molecule has 1 N–H and O–H groups in total. The third kappa shape index (κ3) is 2.69. The van der Waals surface area contributed by atoms with Crippen LogP contribution in [-0.4, -0.2) is 34.1 Å². The van der Waals surface area contributed by atoms with Gasteiger partial charge in [0.15, 0.2) is 0 Å². The molecule has 1 atom stereocenters. The summed E-state index contributed by atoms with van der Waals surface area (Å²) >= 11 is 0. The van der Waals surface area contributed by atoms with Crippen LogP contribution in [0.3, 0.4) is 0 Å². The smallest absolute Gasteiger partial charge is 0.299 e. The number of anilines is 1. The molecule has 0 aliphatic carbocycles. The van der Waals surface area contributed by atoms with E-state index in [0.29, 0.717) is 12.2 Å². The Bertz CT molecular complexity index is 534. The highest BCUT2D eigenvalue weighted by Gasteiger charge is 2.29. The standard InChI is InChI=1S/C12H15N3O5/c16-8-10-3-1-2-6-13(10)11-5-4-9(14(17)18)7-12(11)15(19)20/h4-5,7,10,16H,1-3,6,8H2. The highest BCUT2D eigenvalue weighted by molar-refractivity contribution is 5.67. The molecule has 1 fully saturated rings. The molecular weight excluding hydrogens is 266 g/mol. The second kappa shape index (κ2) is 5.83. The van der Waals surface area contributed by atoms with Crippen LogP contribution in [0, 0.1) is 20.2 Å². The number of hydrogen-bond acceptors (Lipinski definition) is 6. The quantitative estimate of drug-likeness (QED) is 0.666. The third-order valence-corrected chi connectivity index (χ3v) is 3.51. The average molecular weight is 281 g/mol. The molecule has 8 nitrogen and oxygen atoms in total. The van der Waals surface area contributed by atoms with Crippen molar-refractivity contribution in [3.05, 3.63) is 38.4 Å². The molecule has 1 aliphatic rings. The fourth-order valence-electron chi connectivity index (χ4n) is 2.52. The first-order chi connectivity index (χ1) is 9.54. The Morgan fingerprint density at radius 1 is 1.25 bits per heavy atom. The van der Waals surface area contributed by atoms with Crippen molar-refractivity contribution in [2.45, 2.75) is 25.3 Å². The van der Waals surface area contributed by atoms with Gasteiger partial charge in [0.2, 0.25) is 0 Å². The molecule has 20 heavy (non-hydrogen) atoms. The summed E-state index contributed by atoms with van der Waals surface area (Å²) in [7, 11) is 0. The molecule has 0 aromatic heterocycles. The number of hydrogen-bond donors (Lipinski definition) is 1. The number of non-ortho nitro benzene ring substituents is 1. The van der Waals surface area contributed by atoms with Crippen molar-refractivity contribution in [3.8, 4) is 0 Å². The monoisotopic (exact) mass is 281 g/mol. The fourth-order valence-corrected chi connectivity index (χ4v) is 2.52. The van der Waals surface area contributed by atoms with Crippen molar-refractivity contribution < 1.29 is 15.0 Å². The maximum Gasteiger partial charge on any atom is 0.299 e. The number of aliphatic hydroxyl groups excluding tert-OH is 1. The van der Waals surface area contributed by atoms with Crippen molar-refractivity contribution in [1.29, 1.82) is 0 Å². The van der Waals surface area contributed by atoms with Gasteiger partial charge in [-0.25, -0.2) is 0 Å². The van der Waals surface area contributed by atoms with Gasteiger partial charge >= 0.3 is 0 Å². The molecule has 1 heterocycles. The van der Waals surface area contributed by atoms with Crippen LogP contribution in [0.15, 0.2) is 18.2 Å². The number of nitro benzene ring substituents is 2. The second-order valence-corrected chi connectivity index (χ2v) is 4.71. The average Bonchev–Trinajstić information content (AvgIpc) is 2.46. The highest BCUT2D eigenvalue weighted by Crippen LogP contribution is 2.35. The molecule has 1 aliphatic heterocycles. The van der Waals surface area contributed by atoms with Crippen molar-refractivity contribution in [2.24, 2.45) is 0 Å². The van der Waals surface area contributed by atoms with Crippen molar-refractivity contribution in [3.63, 3.8) is 0 Å². The zero-order valence-corrected chi connectivity index (χ0v) is 10.8. The first kappa shape index (κ1) is 14.2. The summed E-state index contributed by atoms with van der Waals surface area (Å²) < 4.78 is 0. The van der Waals surface area contributed by atoms with Crippen LogP contribution < -0.4 is 4.90 Å². The predicted octanol–water partition coefficient (Wildman–Crippen LogP) is 1.85. The Morgan fingerprint density at radius 2 is 2.00 bits per heavy atom. The Balaban J connectivity index is 2.44. The van der Waals surface area contributed by atoms with E-state index >= 15 is 0 Å². The van der Waals surface area contributed by atoms with Gasteiger partial charge in [0.25, 0.3) is 11.4 Å². The molecular formula is C12H15N3O5. The van der Waals surface area contributed by atoms with Gasteiger partial charge in [-0.05, 0) is 25.3 Å². The summed E-state index contributed by atoms with van der Waals surface area (Å²) in [4.78, 5) is 22.3. The molecule has 0 saturated carbocycles. The van der Waals surface area contributed by atoms with Gasteiger partial charge in [-0.1, -0.05) is 0 Å². The first-order valence-corrected chi connectivity index (χ1v) is 6.35. The largest absolute Gasteiger partial charge is 0.394 e. The number of aliphatic hydroxyl groups is 1. The molecule has 1 unspecified atom stereocenters. The third-order valence-electron chi connectivity index (χ3n) is 3.51. The number of benzene rings is 1. The lowest BCUT2D eigenvalue weighted by Gasteiger charge is -2.36. The highest BCUT2D eigenvalue weighted by atomic mass is 16.6. The van der Waals surface area contributed by atoms with E-state index in [4.69, 9.17) is 0 Å². The normalized spacial score (nSPS) is 18.9. The Kier molecular flexibility index (Phi) is 4.14. The molecule has 108 valence electrons. The topological polar surface area (TPSA) is 110 Å². The zero-order chi connectivity index (χ0) is 14.7. The number of piperidine rings is 1. The lowest BCUT2D eigenvalue weighted by Crippen LogP contribution is -2.42. The van der Waals surface area contributed by atoms with E-state index < -0.39 is 9.85 Å². The van der Waals surface area contributed by atoms with Gasteiger partial charge < -0.3 is 10.0 Å². The molecule has 0 bridgehead atoms.